The van der Waals surface area contributed by atoms with Gasteiger partial charge < -0.3 is 9.88 Å². The number of nitrogens with one attached hydrogen (secondary N) is 1. The lowest BCUT2D eigenvalue weighted by molar-refractivity contribution is -0.115. The van der Waals surface area contributed by atoms with E-state index in [1.165, 1.54) is 24.1 Å². The molecule has 1 saturated carbocycles. The maximum Gasteiger partial charge on any atom is 0.225 e. The predicted octanol–water partition coefficient (Wildman–Crippen LogP) is 4.67. The van der Waals surface area contributed by atoms with E-state index in [1.54, 1.807) is 23.1 Å². The van der Waals surface area contributed by atoms with Gasteiger partial charge in [-0.2, -0.15) is 5.26 Å². The summed E-state index contributed by atoms with van der Waals surface area (Å²) < 4.78 is 2.26. The van der Waals surface area contributed by atoms with Crippen LogP contribution >= 0.6 is 23.1 Å². The summed E-state index contributed by atoms with van der Waals surface area (Å²) in [6.07, 6.45) is 7.04. The number of anilines is 1. The van der Waals surface area contributed by atoms with E-state index < -0.39 is 0 Å². The van der Waals surface area contributed by atoms with E-state index in [-0.39, 0.29) is 5.91 Å². The molecule has 6 nitrogen and oxygen atoms in total. The zero-order valence-corrected chi connectivity index (χ0v) is 18.0. The number of aromatic nitrogens is 3. The first-order valence-electron chi connectivity index (χ1n) is 10.0. The molecule has 0 radical (unpaired) electrons. The average molecular weight is 416 g/mol. The predicted molar refractivity (Wildman–Crippen MR) is 112 cm³/mol. The number of carbonyl (C=O) groups excluding carboxylic acids is 1. The summed E-state index contributed by atoms with van der Waals surface area (Å²) in [6.45, 7) is 4.27. The molecular weight excluding hydrogens is 390 g/mol. The molecule has 2 aliphatic rings. The van der Waals surface area contributed by atoms with E-state index in [9.17, 15) is 10.1 Å². The molecule has 0 saturated heterocycles. The smallest absolute Gasteiger partial charge is 0.225 e. The number of hydrogen-bond acceptors (Lipinski definition) is 6. The summed E-state index contributed by atoms with van der Waals surface area (Å²) in [5.74, 6) is 2.00. The molecule has 8 heteroatoms. The standard InChI is InChI=1S/C20H25N5OS2/c1-12(2)18-23-24-20(25(18)13-7-8-13)27-10-9-17(26)22-19-15(11-21)14-5-3-4-6-16(14)28-19/h12-13H,3-10H2,1-2H3,(H,22,26). The minimum atomic E-state index is -0.0378. The van der Waals surface area contributed by atoms with Crippen molar-refractivity contribution in [3.63, 3.8) is 0 Å². The molecule has 2 aromatic heterocycles. The second-order valence-electron chi connectivity index (χ2n) is 7.77. The van der Waals surface area contributed by atoms with Crippen molar-refractivity contribution in [1.29, 1.82) is 5.26 Å². The molecule has 0 atom stereocenters. The van der Waals surface area contributed by atoms with E-state index in [0.29, 0.717) is 29.7 Å². The molecule has 1 N–H and O–H groups in total. The molecule has 0 spiro atoms. The molecule has 0 aliphatic heterocycles. The van der Waals surface area contributed by atoms with Crippen molar-refractivity contribution in [2.75, 3.05) is 11.1 Å². The van der Waals surface area contributed by atoms with Crippen LogP contribution in [0.15, 0.2) is 5.16 Å². The van der Waals surface area contributed by atoms with Crippen molar-refractivity contribution in [2.45, 2.75) is 75.9 Å². The lowest BCUT2D eigenvalue weighted by atomic mass is 9.96. The minimum Gasteiger partial charge on any atom is -0.317 e. The Kier molecular flexibility index (Phi) is 5.74. The van der Waals surface area contributed by atoms with Crippen LogP contribution in [0.25, 0.3) is 0 Å². The quantitative estimate of drug-likeness (QED) is 0.664. The van der Waals surface area contributed by atoms with E-state index in [0.717, 1.165) is 40.8 Å². The van der Waals surface area contributed by atoms with Crippen LogP contribution in [-0.4, -0.2) is 26.4 Å². The second-order valence-corrected chi connectivity index (χ2v) is 9.94. The van der Waals surface area contributed by atoms with Crippen LogP contribution in [0.5, 0.6) is 0 Å². The van der Waals surface area contributed by atoms with Gasteiger partial charge >= 0.3 is 0 Å². The third kappa shape index (κ3) is 3.96. The largest absolute Gasteiger partial charge is 0.317 e. The highest BCUT2D eigenvalue weighted by Crippen LogP contribution is 2.40. The number of aryl methyl sites for hydroxylation is 1. The van der Waals surface area contributed by atoms with Gasteiger partial charge in [0, 0.05) is 29.0 Å². The van der Waals surface area contributed by atoms with Gasteiger partial charge in [-0.3, -0.25) is 4.79 Å². The number of thioether (sulfide) groups is 1. The van der Waals surface area contributed by atoms with Crippen molar-refractivity contribution in [2.24, 2.45) is 0 Å². The summed E-state index contributed by atoms with van der Waals surface area (Å²) in [5, 5.41) is 22.9. The fourth-order valence-electron chi connectivity index (χ4n) is 3.65. The molecule has 2 heterocycles. The number of rotatable bonds is 7. The summed E-state index contributed by atoms with van der Waals surface area (Å²) in [6, 6.07) is 2.83. The number of thiophene rings is 1. The maximum atomic E-state index is 12.5. The Morgan fingerprint density at radius 2 is 2.14 bits per heavy atom. The highest BCUT2D eigenvalue weighted by Gasteiger charge is 2.30. The lowest BCUT2D eigenvalue weighted by Gasteiger charge is -2.10. The normalized spacial score (nSPS) is 16.1. The van der Waals surface area contributed by atoms with Gasteiger partial charge in [0.15, 0.2) is 5.16 Å². The number of hydrogen-bond donors (Lipinski definition) is 1. The summed E-state index contributed by atoms with van der Waals surface area (Å²) in [4.78, 5) is 13.7. The Morgan fingerprint density at radius 1 is 1.36 bits per heavy atom. The Balaban J connectivity index is 1.36. The van der Waals surface area contributed by atoms with Gasteiger partial charge in [0.25, 0.3) is 0 Å². The van der Waals surface area contributed by atoms with Gasteiger partial charge in [-0.05, 0) is 44.1 Å². The fourth-order valence-corrected chi connectivity index (χ4v) is 5.86. The summed E-state index contributed by atoms with van der Waals surface area (Å²) in [5.41, 5.74) is 1.83. The van der Waals surface area contributed by atoms with Gasteiger partial charge in [-0.25, -0.2) is 0 Å². The van der Waals surface area contributed by atoms with Crippen LogP contribution in [0.4, 0.5) is 5.00 Å². The van der Waals surface area contributed by atoms with Crippen molar-refractivity contribution < 1.29 is 4.79 Å². The number of nitriles is 1. The van der Waals surface area contributed by atoms with E-state index in [4.69, 9.17) is 0 Å². The van der Waals surface area contributed by atoms with Crippen LogP contribution in [-0.2, 0) is 17.6 Å². The third-order valence-electron chi connectivity index (χ3n) is 5.22. The Morgan fingerprint density at radius 3 is 2.86 bits per heavy atom. The number of carbonyl (C=O) groups is 1. The third-order valence-corrected chi connectivity index (χ3v) is 7.37. The molecule has 2 aliphatic carbocycles. The van der Waals surface area contributed by atoms with E-state index >= 15 is 0 Å². The molecule has 148 valence electrons. The SMILES string of the molecule is CC(C)c1nnc(SCCC(=O)Nc2sc3c(c2C#N)CCCC3)n1C1CC1. The van der Waals surface area contributed by atoms with Crippen LogP contribution in [0, 0.1) is 11.3 Å². The van der Waals surface area contributed by atoms with Gasteiger partial charge in [-0.15, -0.1) is 21.5 Å². The molecular formula is C20H25N5OS2. The van der Waals surface area contributed by atoms with E-state index in [1.807, 2.05) is 0 Å². The fraction of sp³-hybridized carbons (Fsp3) is 0.600. The van der Waals surface area contributed by atoms with Crippen LogP contribution in [0.2, 0.25) is 0 Å². The van der Waals surface area contributed by atoms with Crippen molar-refractivity contribution in [1.82, 2.24) is 14.8 Å². The molecule has 28 heavy (non-hydrogen) atoms. The summed E-state index contributed by atoms with van der Waals surface area (Å²) >= 11 is 3.17. The maximum absolute atomic E-state index is 12.5. The van der Waals surface area contributed by atoms with Gasteiger partial charge in [0.1, 0.15) is 16.9 Å². The summed E-state index contributed by atoms with van der Waals surface area (Å²) in [7, 11) is 0. The highest BCUT2D eigenvalue weighted by atomic mass is 32.2. The lowest BCUT2D eigenvalue weighted by Crippen LogP contribution is -2.12. The molecule has 0 bridgehead atoms. The zero-order chi connectivity index (χ0) is 19.7. The highest BCUT2D eigenvalue weighted by molar-refractivity contribution is 7.99. The van der Waals surface area contributed by atoms with Crippen LogP contribution in [0.3, 0.4) is 0 Å². The Labute approximate surface area is 173 Å². The Bertz CT molecular complexity index is 920. The zero-order valence-electron chi connectivity index (χ0n) is 16.3. The van der Waals surface area contributed by atoms with Gasteiger partial charge in [0.2, 0.25) is 5.91 Å². The minimum absolute atomic E-state index is 0.0378. The van der Waals surface area contributed by atoms with Crippen molar-refractivity contribution in [3.8, 4) is 6.07 Å². The number of fused-ring (bicyclic) bond motifs is 1. The van der Waals surface area contributed by atoms with Crippen molar-refractivity contribution >= 4 is 34.0 Å². The van der Waals surface area contributed by atoms with Crippen LogP contribution in [0.1, 0.15) is 79.7 Å². The number of amides is 1. The number of nitrogens with zero attached hydrogens (tertiary/aromatic N) is 4. The molecule has 1 fully saturated rings. The topological polar surface area (TPSA) is 83.6 Å². The van der Waals surface area contributed by atoms with E-state index in [2.05, 4.69) is 40.0 Å². The first-order chi connectivity index (χ1) is 13.6. The Hall–Kier alpha value is -1.85. The monoisotopic (exact) mass is 415 g/mol. The average Bonchev–Trinajstić information content (AvgIpc) is 3.32. The molecule has 0 aromatic carbocycles. The van der Waals surface area contributed by atoms with Crippen molar-refractivity contribution in [3.05, 3.63) is 21.8 Å². The van der Waals surface area contributed by atoms with Crippen LogP contribution < -0.4 is 5.32 Å². The molecule has 4 rings (SSSR count). The first kappa shape index (κ1) is 19.5. The van der Waals surface area contributed by atoms with Gasteiger partial charge in [-0.1, -0.05) is 25.6 Å². The van der Waals surface area contributed by atoms with Gasteiger partial charge in [0.05, 0.1) is 5.56 Å². The molecule has 1 amide bonds. The second kappa shape index (κ2) is 8.26. The molecule has 0 unspecified atom stereocenters. The first-order valence-corrected chi connectivity index (χ1v) is 11.8. The molecule has 2 aromatic rings.